The molecule has 0 aliphatic carbocycles. The fraction of sp³-hybridized carbons (Fsp3) is 0.321. The smallest absolute Gasteiger partial charge is 0.354 e. The van der Waals surface area contributed by atoms with E-state index in [4.69, 9.17) is 27.5 Å². The molecule has 38 heavy (non-hydrogen) atoms. The van der Waals surface area contributed by atoms with E-state index in [0.29, 0.717) is 47.7 Å². The van der Waals surface area contributed by atoms with Crippen molar-refractivity contribution < 1.29 is 9.13 Å². The number of nitrogens with zero attached hydrogens (tertiary/aromatic N) is 2. The average Bonchev–Trinajstić information content (AvgIpc) is 3.28. The van der Waals surface area contributed by atoms with Crippen molar-refractivity contribution >= 4 is 28.5 Å². The standard InChI is InChI=1S/C28H32ClFN6O2/c1-3-38-25(32)15-33-14-18-7-9-21(10-8-18)36-16-20-13-24(34-27(20)35-28(36)37)22-11-19(6-4-5-17(2)31)12-23(29)26(22)30/h7-13,16-17,32-33H,3-6,14-15,31H2,1-2H3,(H,34,35,37)/t17-/m0/s1. The first-order valence-corrected chi connectivity index (χ1v) is 13.0. The van der Waals surface area contributed by atoms with Crippen LogP contribution in [0, 0.1) is 11.2 Å². The Labute approximate surface area is 225 Å². The molecule has 0 unspecified atom stereocenters. The minimum absolute atomic E-state index is 0.0498. The predicted molar refractivity (Wildman–Crippen MR) is 150 cm³/mol. The number of aryl methyl sites for hydroxylation is 1. The lowest BCUT2D eigenvalue weighted by Gasteiger charge is -2.09. The van der Waals surface area contributed by atoms with Crippen molar-refractivity contribution in [1.82, 2.24) is 19.9 Å². The van der Waals surface area contributed by atoms with E-state index < -0.39 is 11.5 Å². The molecule has 0 aliphatic rings. The Morgan fingerprint density at radius 2 is 2.03 bits per heavy atom. The van der Waals surface area contributed by atoms with Gasteiger partial charge >= 0.3 is 5.69 Å². The number of benzene rings is 2. The van der Waals surface area contributed by atoms with Gasteiger partial charge in [0.05, 0.1) is 29.6 Å². The van der Waals surface area contributed by atoms with E-state index in [9.17, 15) is 9.18 Å². The first-order valence-electron chi connectivity index (χ1n) is 12.6. The van der Waals surface area contributed by atoms with Gasteiger partial charge in [-0.2, -0.15) is 4.98 Å². The summed E-state index contributed by atoms with van der Waals surface area (Å²) in [6.07, 6.45) is 4.16. The first kappa shape index (κ1) is 27.5. The van der Waals surface area contributed by atoms with Crippen LogP contribution in [-0.4, -0.2) is 39.6 Å². The summed E-state index contributed by atoms with van der Waals surface area (Å²) in [6, 6.07) is 12.8. The molecule has 10 heteroatoms. The third-order valence-electron chi connectivity index (χ3n) is 6.16. The average molecular weight is 539 g/mol. The Kier molecular flexibility index (Phi) is 8.93. The highest BCUT2D eigenvalue weighted by Gasteiger charge is 2.15. The minimum Gasteiger partial charge on any atom is -0.481 e. The molecular weight excluding hydrogens is 507 g/mol. The second-order valence-electron chi connectivity index (χ2n) is 9.32. The van der Waals surface area contributed by atoms with Gasteiger partial charge in [0.25, 0.3) is 0 Å². The van der Waals surface area contributed by atoms with E-state index in [1.807, 2.05) is 38.1 Å². The second-order valence-corrected chi connectivity index (χ2v) is 9.72. The number of hydrogen-bond donors (Lipinski definition) is 4. The number of aromatic nitrogens is 3. The van der Waals surface area contributed by atoms with Gasteiger partial charge < -0.3 is 20.8 Å². The van der Waals surface area contributed by atoms with E-state index in [2.05, 4.69) is 15.3 Å². The molecule has 1 atom stereocenters. The third-order valence-corrected chi connectivity index (χ3v) is 6.43. The van der Waals surface area contributed by atoms with E-state index >= 15 is 0 Å². The fourth-order valence-corrected chi connectivity index (χ4v) is 4.50. The molecule has 0 aliphatic heterocycles. The molecular formula is C28H32ClFN6O2. The lowest BCUT2D eigenvalue weighted by Crippen LogP contribution is -2.24. The van der Waals surface area contributed by atoms with Crippen molar-refractivity contribution in [2.45, 2.75) is 45.7 Å². The van der Waals surface area contributed by atoms with Crippen molar-refractivity contribution in [2.75, 3.05) is 13.2 Å². The number of aromatic amines is 1. The number of fused-ring (bicyclic) bond motifs is 1. The number of rotatable bonds is 11. The summed E-state index contributed by atoms with van der Waals surface area (Å²) in [5, 5.41) is 11.5. The van der Waals surface area contributed by atoms with Gasteiger partial charge in [-0.3, -0.25) is 9.98 Å². The van der Waals surface area contributed by atoms with E-state index in [1.165, 1.54) is 4.57 Å². The van der Waals surface area contributed by atoms with Crippen molar-refractivity contribution in [2.24, 2.45) is 5.73 Å². The van der Waals surface area contributed by atoms with Crippen LogP contribution in [0.2, 0.25) is 5.02 Å². The number of H-pyrrole nitrogens is 1. The maximum absolute atomic E-state index is 15.0. The summed E-state index contributed by atoms with van der Waals surface area (Å²) < 4.78 is 21.6. The van der Waals surface area contributed by atoms with Crippen LogP contribution in [-0.2, 0) is 17.7 Å². The SMILES string of the molecule is CCOC(=N)CNCc1ccc(-n2cc3cc(-c4cc(CCC[C@H](C)N)cc(Cl)c4F)[nH]c3nc2=O)cc1. The molecule has 4 aromatic rings. The molecule has 2 aromatic carbocycles. The molecule has 0 radical (unpaired) electrons. The van der Waals surface area contributed by atoms with Gasteiger partial charge in [0, 0.05) is 29.7 Å². The number of hydrogen-bond acceptors (Lipinski definition) is 6. The van der Waals surface area contributed by atoms with E-state index in [0.717, 1.165) is 30.4 Å². The van der Waals surface area contributed by atoms with Crippen LogP contribution >= 0.6 is 11.6 Å². The molecule has 0 saturated heterocycles. The summed E-state index contributed by atoms with van der Waals surface area (Å²) in [7, 11) is 0. The first-order chi connectivity index (χ1) is 18.2. The summed E-state index contributed by atoms with van der Waals surface area (Å²) in [6.45, 7) is 5.16. The predicted octanol–water partition coefficient (Wildman–Crippen LogP) is 4.95. The molecule has 200 valence electrons. The zero-order valence-electron chi connectivity index (χ0n) is 21.5. The van der Waals surface area contributed by atoms with Crippen molar-refractivity contribution in [1.29, 1.82) is 5.41 Å². The lowest BCUT2D eigenvalue weighted by atomic mass is 10.0. The number of ether oxygens (including phenoxy) is 1. The van der Waals surface area contributed by atoms with Gasteiger partial charge in [-0.05, 0) is 74.6 Å². The Morgan fingerprint density at radius 1 is 1.26 bits per heavy atom. The molecule has 0 saturated carbocycles. The van der Waals surface area contributed by atoms with E-state index in [-0.39, 0.29) is 17.0 Å². The van der Waals surface area contributed by atoms with Gasteiger partial charge in [-0.1, -0.05) is 23.7 Å². The maximum atomic E-state index is 15.0. The molecule has 4 rings (SSSR count). The van der Waals surface area contributed by atoms with Crippen LogP contribution < -0.4 is 16.7 Å². The summed E-state index contributed by atoms with van der Waals surface area (Å²) in [5.74, 6) is -0.332. The zero-order chi connectivity index (χ0) is 27.2. The number of halogens is 2. The van der Waals surface area contributed by atoms with Crippen LogP contribution in [0.1, 0.15) is 37.8 Å². The molecule has 0 spiro atoms. The molecule has 0 fully saturated rings. The van der Waals surface area contributed by atoms with Crippen molar-refractivity contribution in [3.63, 3.8) is 0 Å². The molecule has 2 aromatic heterocycles. The second kappa shape index (κ2) is 12.3. The van der Waals surface area contributed by atoms with Crippen molar-refractivity contribution in [3.05, 3.63) is 81.1 Å². The van der Waals surface area contributed by atoms with E-state index in [1.54, 1.807) is 24.4 Å². The summed E-state index contributed by atoms with van der Waals surface area (Å²) in [5.41, 5.74) is 9.17. The highest BCUT2D eigenvalue weighted by molar-refractivity contribution is 6.31. The highest BCUT2D eigenvalue weighted by atomic mass is 35.5. The molecule has 8 nitrogen and oxygen atoms in total. The van der Waals surface area contributed by atoms with Crippen LogP contribution in [0.4, 0.5) is 4.39 Å². The quantitative estimate of drug-likeness (QED) is 0.159. The Morgan fingerprint density at radius 3 is 2.74 bits per heavy atom. The van der Waals surface area contributed by atoms with Crippen LogP contribution in [0.25, 0.3) is 28.0 Å². The lowest BCUT2D eigenvalue weighted by molar-refractivity contribution is 0.315. The highest BCUT2D eigenvalue weighted by Crippen LogP contribution is 2.31. The van der Waals surface area contributed by atoms with Gasteiger partial charge in [0.1, 0.15) is 5.65 Å². The van der Waals surface area contributed by atoms with Gasteiger partial charge in [-0.25, -0.2) is 9.18 Å². The molecule has 5 N–H and O–H groups in total. The minimum atomic E-state index is -0.523. The molecule has 0 bridgehead atoms. The number of nitrogens with two attached hydrogens (primary N) is 1. The van der Waals surface area contributed by atoms with Crippen molar-refractivity contribution in [3.8, 4) is 16.9 Å². The molecule has 2 heterocycles. The fourth-order valence-electron chi connectivity index (χ4n) is 4.26. The van der Waals surface area contributed by atoms with Gasteiger partial charge in [0.2, 0.25) is 0 Å². The maximum Gasteiger partial charge on any atom is 0.354 e. The van der Waals surface area contributed by atoms with Gasteiger partial charge in [-0.15, -0.1) is 0 Å². The van der Waals surface area contributed by atoms with Crippen LogP contribution in [0.15, 0.2) is 53.5 Å². The normalized spacial score (nSPS) is 12.1. The summed E-state index contributed by atoms with van der Waals surface area (Å²) >= 11 is 6.21. The van der Waals surface area contributed by atoms with Crippen LogP contribution in [0.3, 0.4) is 0 Å². The Bertz CT molecular complexity index is 1480. The number of nitrogens with one attached hydrogen (secondary N) is 3. The van der Waals surface area contributed by atoms with Gasteiger partial charge in [0.15, 0.2) is 11.7 Å². The zero-order valence-corrected chi connectivity index (χ0v) is 22.2. The Hall–Kier alpha value is -3.53. The Balaban J connectivity index is 1.56. The monoisotopic (exact) mass is 538 g/mol. The largest absolute Gasteiger partial charge is 0.481 e. The summed E-state index contributed by atoms with van der Waals surface area (Å²) in [4.78, 5) is 20.1. The topological polar surface area (TPSA) is 122 Å². The molecule has 0 amide bonds. The third kappa shape index (κ3) is 6.66. The van der Waals surface area contributed by atoms with Crippen LogP contribution in [0.5, 0.6) is 0 Å².